The van der Waals surface area contributed by atoms with Crippen molar-refractivity contribution in [1.29, 1.82) is 4.78 Å². The molecule has 1 heterocycles. The van der Waals surface area contributed by atoms with Gasteiger partial charge in [-0.3, -0.25) is 0 Å². The third-order valence-electron chi connectivity index (χ3n) is 3.57. The van der Waals surface area contributed by atoms with Crippen molar-refractivity contribution in [3.05, 3.63) is 42.4 Å². The van der Waals surface area contributed by atoms with Crippen molar-refractivity contribution in [3.63, 3.8) is 0 Å². The number of nitrogens with zero attached hydrogens (tertiary/aromatic N) is 2. The Kier molecular flexibility index (Phi) is 5.81. The Bertz CT molecular complexity index is 839. The molecule has 0 fully saturated rings. The van der Waals surface area contributed by atoms with E-state index in [-0.39, 0.29) is 15.5 Å². The van der Waals surface area contributed by atoms with Gasteiger partial charge in [-0.15, -0.1) is 0 Å². The van der Waals surface area contributed by atoms with Gasteiger partial charge in [-0.05, 0) is 30.3 Å². The minimum Gasteiger partial charge on any atom is -0.478 e. The number of carboxylic acids is 1. The van der Waals surface area contributed by atoms with Crippen LogP contribution in [0.15, 0.2) is 46.7 Å². The summed E-state index contributed by atoms with van der Waals surface area (Å²) in [6, 6.07) is 6.51. The molecule has 0 amide bonds. The highest BCUT2D eigenvalue weighted by atomic mass is 32.2. The molecule has 1 aromatic heterocycles. The van der Waals surface area contributed by atoms with Crippen molar-refractivity contribution in [2.24, 2.45) is 0 Å². The molecule has 25 heavy (non-hydrogen) atoms. The molecule has 1 atom stereocenters. The van der Waals surface area contributed by atoms with Crippen LogP contribution in [0.2, 0.25) is 25.7 Å². The lowest BCUT2D eigenvalue weighted by molar-refractivity contribution is 0.0696. The van der Waals surface area contributed by atoms with Crippen LogP contribution in [0.25, 0.3) is 0 Å². The quantitative estimate of drug-likeness (QED) is 0.539. The summed E-state index contributed by atoms with van der Waals surface area (Å²) in [4.78, 5) is 15.2. The highest BCUT2D eigenvalue weighted by Crippen LogP contribution is 2.20. The van der Waals surface area contributed by atoms with Crippen molar-refractivity contribution in [2.75, 3.05) is 6.61 Å². The van der Waals surface area contributed by atoms with E-state index in [1.165, 1.54) is 36.8 Å². The number of aromatic carboxylic acids is 1. The summed E-state index contributed by atoms with van der Waals surface area (Å²) in [5.41, 5.74) is 0.0836. The van der Waals surface area contributed by atoms with Crippen LogP contribution in [0.1, 0.15) is 10.4 Å². The van der Waals surface area contributed by atoms with Gasteiger partial charge < -0.3 is 14.4 Å². The molecule has 0 aliphatic rings. The van der Waals surface area contributed by atoms with Crippen LogP contribution in [0.3, 0.4) is 0 Å². The average molecular weight is 382 g/mol. The van der Waals surface area contributed by atoms with Crippen molar-refractivity contribution < 1.29 is 18.8 Å². The van der Waals surface area contributed by atoms with Crippen LogP contribution in [-0.4, -0.2) is 39.5 Å². The van der Waals surface area contributed by atoms with E-state index in [9.17, 15) is 9.00 Å². The van der Waals surface area contributed by atoms with Crippen LogP contribution in [-0.2, 0) is 21.2 Å². The van der Waals surface area contributed by atoms with Crippen LogP contribution < -0.4 is 0 Å². The van der Waals surface area contributed by atoms with Crippen LogP contribution in [0.4, 0.5) is 0 Å². The molecule has 0 bridgehead atoms. The number of benzene rings is 1. The van der Waals surface area contributed by atoms with Crippen molar-refractivity contribution in [3.8, 4) is 0 Å². The standard InChI is InChI=1S/C16H23N3O4SSi/c1-25(2,3)9-8-23-12-19-10-15(18-11-19)24(17,22)14-6-4-13(5-7-14)16(20)21/h4-7,10-11,17H,8-9,12H2,1-3H3,(H,20,21). The molecule has 0 aliphatic heterocycles. The van der Waals surface area contributed by atoms with Crippen molar-refractivity contribution in [1.82, 2.24) is 9.55 Å². The number of rotatable bonds is 8. The summed E-state index contributed by atoms with van der Waals surface area (Å²) in [5.74, 6) is -1.07. The Morgan fingerprint density at radius 3 is 2.52 bits per heavy atom. The molecule has 1 aromatic carbocycles. The number of carbonyl (C=O) groups is 1. The highest BCUT2D eigenvalue weighted by Gasteiger charge is 2.17. The first-order chi connectivity index (χ1) is 11.6. The molecule has 2 rings (SSSR count). The number of aromatic nitrogens is 2. The first-order valence-corrected chi connectivity index (χ1v) is 13.1. The fourth-order valence-electron chi connectivity index (χ4n) is 2.02. The molecular weight excluding hydrogens is 358 g/mol. The molecule has 2 aromatic rings. The van der Waals surface area contributed by atoms with E-state index in [0.29, 0.717) is 13.3 Å². The molecule has 2 N–H and O–H groups in total. The van der Waals surface area contributed by atoms with Gasteiger partial charge in [0.1, 0.15) is 16.5 Å². The second-order valence-electron chi connectivity index (χ2n) is 6.96. The van der Waals surface area contributed by atoms with Crippen molar-refractivity contribution in [2.45, 2.75) is 42.3 Å². The zero-order valence-electron chi connectivity index (χ0n) is 14.6. The molecule has 0 aliphatic carbocycles. The van der Waals surface area contributed by atoms with Gasteiger partial charge in [0.25, 0.3) is 0 Å². The molecule has 9 heteroatoms. The summed E-state index contributed by atoms with van der Waals surface area (Å²) >= 11 is 0. The summed E-state index contributed by atoms with van der Waals surface area (Å²) in [6.45, 7) is 7.78. The van der Waals surface area contributed by atoms with Crippen LogP contribution in [0.5, 0.6) is 0 Å². The molecule has 0 spiro atoms. The van der Waals surface area contributed by atoms with E-state index in [1.807, 2.05) is 0 Å². The maximum absolute atomic E-state index is 12.8. The molecule has 136 valence electrons. The fraction of sp³-hybridized carbons (Fsp3) is 0.375. The smallest absolute Gasteiger partial charge is 0.335 e. The summed E-state index contributed by atoms with van der Waals surface area (Å²) < 4.78 is 28.2. The fourth-order valence-corrected chi connectivity index (χ4v) is 4.01. The minimum atomic E-state index is -3.29. The van der Waals surface area contributed by atoms with Crippen LogP contribution in [0, 0.1) is 4.78 Å². The number of hydrogen-bond acceptors (Lipinski definition) is 5. The minimum absolute atomic E-state index is 0.0836. The largest absolute Gasteiger partial charge is 0.478 e. The van der Waals surface area contributed by atoms with E-state index >= 15 is 0 Å². The van der Waals surface area contributed by atoms with Gasteiger partial charge in [-0.25, -0.2) is 18.8 Å². The Hall–Kier alpha value is -1.97. The summed E-state index contributed by atoms with van der Waals surface area (Å²) in [5, 5.41) is 9.04. The molecule has 1 unspecified atom stereocenters. The van der Waals surface area contributed by atoms with E-state index in [4.69, 9.17) is 14.6 Å². The SMILES string of the molecule is C[Si](C)(C)CCOCn1cnc(S(=N)(=O)c2ccc(C(=O)O)cc2)c1. The number of carboxylic acid groups (broad SMARTS) is 1. The average Bonchev–Trinajstić information content (AvgIpc) is 3.00. The Morgan fingerprint density at radius 2 is 1.96 bits per heavy atom. The second kappa shape index (κ2) is 7.50. The van der Waals surface area contributed by atoms with Gasteiger partial charge in [0.15, 0.2) is 5.03 Å². The zero-order chi connectivity index (χ0) is 18.7. The Morgan fingerprint density at radius 1 is 1.32 bits per heavy atom. The summed E-state index contributed by atoms with van der Waals surface area (Å²) in [6.07, 6.45) is 3.03. The monoisotopic (exact) mass is 381 g/mol. The predicted molar refractivity (Wildman–Crippen MR) is 97.1 cm³/mol. The normalized spacial score (nSPS) is 14.2. The van der Waals surface area contributed by atoms with Gasteiger partial charge in [0.2, 0.25) is 0 Å². The predicted octanol–water partition coefficient (Wildman–Crippen LogP) is 3.36. The maximum atomic E-state index is 12.8. The van der Waals surface area contributed by atoms with Crippen molar-refractivity contribution >= 4 is 23.8 Å². The van der Waals surface area contributed by atoms with E-state index in [2.05, 4.69) is 24.6 Å². The van der Waals surface area contributed by atoms with Gasteiger partial charge in [-0.1, -0.05) is 19.6 Å². The lowest BCUT2D eigenvalue weighted by atomic mass is 10.2. The van der Waals surface area contributed by atoms with Crippen LogP contribution >= 0.6 is 0 Å². The van der Waals surface area contributed by atoms with E-state index in [1.54, 1.807) is 4.57 Å². The Labute approximate surface area is 148 Å². The maximum Gasteiger partial charge on any atom is 0.335 e. The Balaban J connectivity index is 2.05. The third-order valence-corrected chi connectivity index (χ3v) is 7.01. The zero-order valence-corrected chi connectivity index (χ0v) is 16.4. The lowest BCUT2D eigenvalue weighted by Crippen LogP contribution is -2.21. The first kappa shape index (κ1) is 19.4. The molecule has 0 saturated heterocycles. The molecule has 0 saturated carbocycles. The van der Waals surface area contributed by atoms with E-state index < -0.39 is 23.8 Å². The number of imidazole rings is 1. The number of nitrogens with one attached hydrogen (secondary N) is 1. The molecule has 7 nitrogen and oxygen atoms in total. The third kappa shape index (κ3) is 5.25. The molecule has 0 radical (unpaired) electrons. The van der Waals surface area contributed by atoms with Gasteiger partial charge in [-0.2, -0.15) is 0 Å². The summed E-state index contributed by atoms with van der Waals surface area (Å²) in [7, 11) is -4.43. The van der Waals surface area contributed by atoms with Gasteiger partial charge in [0.05, 0.1) is 16.8 Å². The van der Waals surface area contributed by atoms with E-state index in [0.717, 1.165) is 6.04 Å². The van der Waals surface area contributed by atoms with Gasteiger partial charge >= 0.3 is 5.97 Å². The van der Waals surface area contributed by atoms with Gasteiger partial charge in [0, 0.05) is 20.9 Å². The topological polar surface area (TPSA) is 105 Å². The first-order valence-electron chi connectivity index (χ1n) is 7.81. The second-order valence-corrected chi connectivity index (χ2v) is 14.6. The molecular formula is C16H23N3O4SSi. The lowest BCUT2D eigenvalue weighted by Gasteiger charge is -2.15. The number of ether oxygens (including phenoxy) is 1. The highest BCUT2D eigenvalue weighted by molar-refractivity contribution is 7.92. The number of hydrogen-bond donors (Lipinski definition) is 2.